The molecule has 0 aromatic rings. The molecule has 0 aromatic carbocycles. The van der Waals surface area contributed by atoms with E-state index in [1.807, 2.05) is 0 Å². The SMILES string of the molecule is CN1CC2CC1CC2C#N. The molecular formula is C8H12N2. The third-order valence-electron chi connectivity index (χ3n) is 2.98. The molecule has 0 aromatic heterocycles. The Morgan fingerprint density at radius 2 is 2.30 bits per heavy atom. The van der Waals surface area contributed by atoms with Crippen molar-refractivity contribution in [1.29, 1.82) is 5.26 Å². The molecule has 10 heavy (non-hydrogen) atoms. The van der Waals surface area contributed by atoms with E-state index < -0.39 is 0 Å². The highest BCUT2D eigenvalue weighted by atomic mass is 15.2. The van der Waals surface area contributed by atoms with Crippen molar-refractivity contribution in [3.8, 4) is 6.07 Å². The van der Waals surface area contributed by atoms with Crippen LogP contribution < -0.4 is 0 Å². The largest absolute Gasteiger partial charge is 0.303 e. The van der Waals surface area contributed by atoms with Crippen LogP contribution >= 0.6 is 0 Å². The minimum absolute atomic E-state index is 0.376. The summed E-state index contributed by atoms with van der Waals surface area (Å²) in [6.45, 7) is 1.16. The Kier molecular flexibility index (Phi) is 1.21. The lowest BCUT2D eigenvalue weighted by atomic mass is 9.97. The average Bonchev–Trinajstić information content (AvgIpc) is 2.44. The molecule has 2 bridgehead atoms. The van der Waals surface area contributed by atoms with Crippen LogP contribution in [0.2, 0.25) is 0 Å². The van der Waals surface area contributed by atoms with Crippen LogP contribution in [-0.4, -0.2) is 24.5 Å². The summed E-state index contributed by atoms with van der Waals surface area (Å²) >= 11 is 0. The number of nitrogens with zero attached hydrogens (tertiary/aromatic N) is 2. The highest BCUT2D eigenvalue weighted by molar-refractivity contribution is 5.03. The summed E-state index contributed by atoms with van der Waals surface area (Å²) in [6, 6.07) is 3.12. The van der Waals surface area contributed by atoms with Gasteiger partial charge in [-0.3, -0.25) is 0 Å². The molecule has 0 radical (unpaired) electrons. The summed E-state index contributed by atoms with van der Waals surface area (Å²) in [4.78, 5) is 2.39. The molecule has 1 aliphatic carbocycles. The van der Waals surface area contributed by atoms with Gasteiger partial charge in [0, 0.05) is 12.6 Å². The lowest BCUT2D eigenvalue weighted by Gasteiger charge is -2.24. The standard InChI is InChI=1S/C8H12N2/c1-10-5-7-3-8(10)2-6(7)4-9/h6-8H,2-3,5H2,1H3. The van der Waals surface area contributed by atoms with Crippen LogP contribution in [0.1, 0.15) is 12.8 Å². The van der Waals surface area contributed by atoms with E-state index >= 15 is 0 Å². The molecule has 2 heteroatoms. The Morgan fingerprint density at radius 3 is 2.70 bits per heavy atom. The minimum Gasteiger partial charge on any atom is -0.303 e. The van der Waals surface area contributed by atoms with Crippen LogP contribution in [0.25, 0.3) is 0 Å². The topological polar surface area (TPSA) is 27.0 Å². The number of rotatable bonds is 0. The molecule has 1 saturated heterocycles. The van der Waals surface area contributed by atoms with Crippen molar-refractivity contribution in [2.75, 3.05) is 13.6 Å². The zero-order valence-electron chi connectivity index (χ0n) is 6.25. The predicted octanol–water partition coefficient (Wildman–Crippen LogP) is 0.850. The molecule has 0 amide bonds. The van der Waals surface area contributed by atoms with Gasteiger partial charge in [-0.2, -0.15) is 5.26 Å². The fraction of sp³-hybridized carbons (Fsp3) is 0.875. The van der Waals surface area contributed by atoms with Crippen LogP contribution in [0.4, 0.5) is 0 Å². The van der Waals surface area contributed by atoms with Gasteiger partial charge in [0.15, 0.2) is 0 Å². The average molecular weight is 136 g/mol. The fourth-order valence-corrected chi connectivity index (χ4v) is 2.33. The van der Waals surface area contributed by atoms with E-state index in [-0.39, 0.29) is 0 Å². The summed E-state index contributed by atoms with van der Waals surface area (Å²) in [6.07, 6.45) is 2.40. The first-order chi connectivity index (χ1) is 4.81. The molecule has 1 saturated carbocycles. The molecule has 3 unspecified atom stereocenters. The highest BCUT2D eigenvalue weighted by Crippen LogP contribution is 2.40. The van der Waals surface area contributed by atoms with Crippen molar-refractivity contribution < 1.29 is 0 Å². The third kappa shape index (κ3) is 0.674. The monoisotopic (exact) mass is 136 g/mol. The Hall–Kier alpha value is -0.550. The summed E-state index contributed by atoms with van der Waals surface area (Å²) in [5.41, 5.74) is 0. The van der Waals surface area contributed by atoms with E-state index in [9.17, 15) is 0 Å². The second kappa shape index (κ2) is 1.96. The van der Waals surface area contributed by atoms with Gasteiger partial charge in [-0.15, -0.1) is 0 Å². The minimum atomic E-state index is 0.376. The lowest BCUT2D eigenvalue weighted by Crippen LogP contribution is -2.31. The zero-order valence-corrected chi connectivity index (χ0v) is 6.25. The van der Waals surface area contributed by atoms with Gasteiger partial charge in [0.2, 0.25) is 0 Å². The number of nitriles is 1. The van der Waals surface area contributed by atoms with Crippen molar-refractivity contribution in [2.45, 2.75) is 18.9 Å². The normalized spacial score (nSPS) is 45.8. The maximum Gasteiger partial charge on any atom is 0.0659 e. The van der Waals surface area contributed by atoms with E-state index in [1.165, 1.54) is 6.42 Å². The van der Waals surface area contributed by atoms with Crippen LogP contribution in [0.3, 0.4) is 0 Å². The molecule has 2 aliphatic rings. The van der Waals surface area contributed by atoms with E-state index in [1.54, 1.807) is 0 Å². The number of fused-ring (bicyclic) bond motifs is 2. The van der Waals surface area contributed by atoms with Gasteiger partial charge in [-0.1, -0.05) is 0 Å². The maximum absolute atomic E-state index is 8.71. The van der Waals surface area contributed by atoms with E-state index in [4.69, 9.17) is 5.26 Å². The number of hydrogen-bond acceptors (Lipinski definition) is 2. The molecule has 1 aliphatic heterocycles. The summed E-state index contributed by atoms with van der Waals surface area (Å²) < 4.78 is 0. The summed E-state index contributed by atoms with van der Waals surface area (Å²) in [5, 5.41) is 8.71. The zero-order chi connectivity index (χ0) is 7.14. The van der Waals surface area contributed by atoms with Crippen LogP contribution in [-0.2, 0) is 0 Å². The molecule has 54 valence electrons. The van der Waals surface area contributed by atoms with Gasteiger partial charge in [0.25, 0.3) is 0 Å². The Labute approximate surface area is 61.4 Å². The maximum atomic E-state index is 8.71. The van der Waals surface area contributed by atoms with Gasteiger partial charge in [0.1, 0.15) is 0 Å². The van der Waals surface area contributed by atoms with Crippen molar-refractivity contribution in [3.05, 3.63) is 0 Å². The van der Waals surface area contributed by atoms with Gasteiger partial charge in [-0.25, -0.2) is 0 Å². The molecule has 0 spiro atoms. The summed E-state index contributed by atoms with van der Waals surface area (Å²) in [5.74, 6) is 1.07. The van der Waals surface area contributed by atoms with Gasteiger partial charge < -0.3 is 4.90 Å². The fourth-order valence-electron chi connectivity index (χ4n) is 2.33. The second-order valence-corrected chi connectivity index (χ2v) is 3.56. The van der Waals surface area contributed by atoms with Crippen LogP contribution in [0.15, 0.2) is 0 Å². The molecule has 2 fully saturated rings. The highest BCUT2D eigenvalue weighted by Gasteiger charge is 2.42. The molecule has 1 heterocycles. The van der Waals surface area contributed by atoms with E-state index in [0.29, 0.717) is 11.8 Å². The number of likely N-dealkylation sites (tertiary alicyclic amines) is 1. The van der Waals surface area contributed by atoms with E-state index in [0.717, 1.165) is 19.0 Å². The first-order valence-corrected chi connectivity index (χ1v) is 3.91. The number of piperidine rings is 1. The predicted molar refractivity (Wildman–Crippen MR) is 38.2 cm³/mol. The Bertz CT molecular complexity index is 180. The van der Waals surface area contributed by atoms with Gasteiger partial charge in [0.05, 0.1) is 12.0 Å². The van der Waals surface area contributed by atoms with Crippen LogP contribution in [0, 0.1) is 23.2 Å². The molecule has 0 N–H and O–H groups in total. The quantitative estimate of drug-likeness (QED) is 0.493. The molecule has 2 nitrogen and oxygen atoms in total. The van der Waals surface area contributed by atoms with Crippen molar-refractivity contribution in [2.24, 2.45) is 11.8 Å². The molecule has 2 rings (SSSR count). The summed E-state index contributed by atoms with van der Waals surface area (Å²) in [7, 11) is 2.16. The van der Waals surface area contributed by atoms with Crippen molar-refractivity contribution in [3.63, 3.8) is 0 Å². The molecular weight excluding hydrogens is 124 g/mol. The van der Waals surface area contributed by atoms with Gasteiger partial charge >= 0.3 is 0 Å². The first kappa shape index (κ1) is 6.18. The van der Waals surface area contributed by atoms with Crippen molar-refractivity contribution in [1.82, 2.24) is 4.90 Å². The van der Waals surface area contributed by atoms with Crippen molar-refractivity contribution >= 4 is 0 Å². The number of hydrogen-bond donors (Lipinski definition) is 0. The van der Waals surface area contributed by atoms with E-state index in [2.05, 4.69) is 18.0 Å². The van der Waals surface area contributed by atoms with Gasteiger partial charge in [-0.05, 0) is 25.8 Å². The first-order valence-electron chi connectivity index (χ1n) is 3.91. The Balaban J connectivity index is 2.11. The Morgan fingerprint density at radius 1 is 1.50 bits per heavy atom. The third-order valence-corrected chi connectivity index (χ3v) is 2.98. The smallest absolute Gasteiger partial charge is 0.0659 e. The van der Waals surface area contributed by atoms with Crippen LogP contribution in [0.5, 0.6) is 0 Å². The molecule has 3 atom stereocenters. The lowest BCUT2D eigenvalue weighted by molar-refractivity contribution is 0.235. The second-order valence-electron chi connectivity index (χ2n) is 3.56.